The first-order valence-electron chi connectivity index (χ1n) is 13.2. The number of carboxylic acids is 1. The summed E-state index contributed by atoms with van der Waals surface area (Å²) >= 11 is 7.05. The quantitative estimate of drug-likeness (QED) is 0.337. The SMILES string of the molecule is C[C@@H](c1ccccc1)C(C)(C(=O)O)N(CCOC(=O)N1CCN(C)CC1)S(=O)(=O)c1ccc(-c2ccc(Cl)cc2)s1. The van der Waals surface area contributed by atoms with Crippen LogP contribution in [0.5, 0.6) is 0 Å². The fourth-order valence-corrected chi connectivity index (χ4v) is 8.15. The second-order valence-corrected chi connectivity index (χ2v) is 13.8. The number of thiophene rings is 1. The number of benzene rings is 2. The molecule has 1 aromatic heterocycles. The summed E-state index contributed by atoms with van der Waals surface area (Å²) in [6.45, 7) is 4.86. The molecule has 2 aromatic carbocycles. The molecule has 1 aliphatic heterocycles. The maximum absolute atomic E-state index is 14.2. The van der Waals surface area contributed by atoms with Crippen molar-refractivity contribution in [2.24, 2.45) is 0 Å². The van der Waals surface area contributed by atoms with Crippen LogP contribution in [-0.4, -0.2) is 91.6 Å². The standard InChI is InChI=1S/C29H34ClN3O6S2/c1-21(22-7-5-4-6-8-22)29(2,27(34)35)33(19-20-39-28(36)32-17-15-31(3)16-18-32)41(37,38)26-14-13-25(40-26)23-9-11-24(30)12-10-23/h4-14,21H,15-20H2,1-3H3,(H,34,35)/t21-,29?/m0/s1. The number of carboxylic acid groups (broad SMARTS) is 1. The number of carbonyl (C=O) groups excluding carboxylic acids is 1. The van der Waals surface area contributed by atoms with Crippen molar-refractivity contribution in [2.45, 2.75) is 29.5 Å². The summed E-state index contributed by atoms with van der Waals surface area (Å²) in [7, 11) is -2.38. The van der Waals surface area contributed by atoms with Gasteiger partial charge < -0.3 is 19.6 Å². The molecule has 1 unspecified atom stereocenters. The molecule has 12 heteroatoms. The highest BCUT2D eigenvalue weighted by atomic mass is 35.5. The molecule has 0 saturated carbocycles. The van der Waals surface area contributed by atoms with Crippen LogP contribution in [0.25, 0.3) is 10.4 Å². The van der Waals surface area contributed by atoms with Gasteiger partial charge in [0, 0.05) is 48.5 Å². The van der Waals surface area contributed by atoms with Crippen LogP contribution in [0.1, 0.15) is 25.3 Å². The lowest BCUT2D eigenvalue weighted by Gasteiger charge is -2.41. The number of rotatable bonds is 10. The van der Waals surface area contributed by atoms with Gasteiger partial charge in [-0.2, -0.15) is 4.31 Å². The van der Waals surface area contributed by atoms with E-state index in [4.69, 9.17) is 16.3 Å². The van der Waals surface area contributed by atoms with Gasteiger partial charge in [-0.15, -0.1) is 11.3 Å². The van der Waals surface area contributed by atoms with E-state index in [0.29, 0.717) is 41.6 Å². The summed E-state index contributed by atoms with van der Waals surface area (Å²) < 4.78 is 34.9. The molecule has 0 spiro atoms. The molecular weight excluding hydrogens is 586 g/mol. The number of hydrogen-bond acceptors (Lipinski definition) is 7. The fraction of sp³-hybridized carbons (Fsp3) is 0.379. The Morgan fingerprint density at radius 1 is 1.05 bits per heavy atom. The van der Waals surface area contributed by atoms with Gasteiger partial charge in [0.15, 0.2) is 0 Å². The molecule has 1 saturated heterocycles. The highest BCUT2D eigenvalue weighted by molar-refractivity contribution is 7.91. The maximum Gasteiger partial charge on any atom is 0.409 e. The number of ether oxygens (including phenoxy) is 1. The third-order valence-corrected chi connectivity index (χ3v) is 11.5. The second-order valence-electron chi connectivity index (χ2n) is 10.2. The van der Waals surface area contributed by atoms with Gasteiger partial charge in [-0.05, 0) is 49.4 Å². The highest BCUT2D eigenvalue weighted by Gasteiger charge is 2.51. The normalized spacial score (nSPS) is 16.8. The van der Waals surface area contributed by atoms with Gasteiger partial charge in [0.05, 0.1) is 0 Å². The summed E-state index contributed by atoms with van der Waals surface area (Å²) in [5, 5.41) is 11.1. The lowest BCUT2D eigenvalue weighted by atomic mass is 9.81. The Balaban J connectivity index is 1.67. The van der Waals surface area contributed by atoms with Crippen LogP contribution in [0.15, 0.2) is 70.9 Å². The Labute approximate surface area is 249 Å². The van der Waals surface area contributed by atoms with Crippen molar-refractivity contribution in [2.75, 3.05) is 46.4 Å². The Bertz CT molecular complexity index is 1460. The summed E-state index contributed by atoms with van der Waals surface area (Å²) in [5.41, 5.74) is -0.447. The highest BCUT2D eigenvalue weighted by Crippen LogP contribution is 2.40. The molecule has 9 nitrogen and oxygen atoms in total. The third kappa shape index (κ3) is 6.76. The van der Waals surface area contributed by atoms with Crippen molar-refractivity contribution >= 4 is 45.0 Å². The van der Waals surface area contributed by atoms with Crippen LogP contribution in [0.3, 0.4) is 0 Å². The molecular formula is C29H34ClN3O6S2. The summed E-state index contributed by atoms with van der Waals surface area (Å²) in [6.07, 6.45) is -0.551. The monoisotopic (exact) mass is 619 g/mol. The molecule has 0 aliphatic carbocycles. The molecule has 3 aromatic rings. The predicted octanol–water partition coefficient (Wildman–Crippen LogP) is 5.09. The summed E-state index contributed by atoms with van der Waals surface area (Å²) in [6, 6.07) is 19.1. The van der Waals surface area contributed by atoms with Crippen LogP contribution >= 0.6 is 22.9 Å². The Morgan fingerprint density at radius 2 is 1.68 bits per heavy atom. The number of likely N-dealkylation sites (N-methyl/N-ethyl adjacent to an activating group) is 1. The van der Waals surface area contributed by atoms with Crippen LogP contribution in [0, 0.1) is 0 Å². The largest absolute Gasteiger partial charge is 0.480 e. The van der Waals surface area contributed by atoms with Crippen LogP contribution < -0.4 is 0 Å². The third-order valence-electron chi connectivity index (χ3n) is 7.63. The number of aliphatic carboxylic acids is 1. The van der Waals surface area contributed by atoms with Crippen molar-refractivity contribution in [1.82, 2.24) is 14.1 Å². The smallest absolute Gasteiger partial charge is 0.409 e. The van der Waals surface area contributed by atoms with Gasteiger partial charge in [0.2, 0.25) is 0 Å². The first-order chi connectivity index (χ1) is 19.4. The van der Waals surface area contributed by atoms with Crippen molar-refractivity contribution < 1.29 is 27.9 Å². The summed E-state index contributed by atoms with van der Waals surface area (Å²) in [5.74, 6) is -2.04. The molecule has 2 atom stereocenters. The molecule has 0 bridgehead atoms. The Hall–Kier alpha value is -2.96. The van der Waals surface area contributed by atoms with E-state index in [1.165, 1.54) is 13.0 Å². The molecule has 1 fully saturated rings. The number of sulfonamides is 1. The van der Waals surface area contributed by atoms with Gasteiger partial charge >= 0.3 is 12.1 Å². The Morgan fingerprint density at radius 3 is 2.29 bits per heavy atom. The zero-order chi connectivity index (χ0) is 29.8. The molecule has 4 rings (SSSR count). The van der Waals surface area contributed by atoms with Gasteiger partial charge in [0.1, 0.15) is 16.4 Å². The average Bonchev–Trinajstić information content (AvgIpc) is 3.47. The van der Waals surface area contributed by atoms with Gasteiger partial charge in [-0.1, -0.05) is 61.0 Å². The van der Waals surface area contributed by atoms with Crippen molar-refractivity contribution in [3.63, 3.8) is 0 Å². The second kappa shape index (κ2) is 12.9. The van der Waals surface area contributed by atoms with Gasteiger partial charge in [0.25, 0.3) is 10.0 Å². The molecule has 1 N–H and O–H groups in total. The minimum absolute atomic E-state index is 0.0134. The molecule has 41 heavy (non-hydrogen) atoms. The van der Waals surface area contributed by atoms with E-state index in [-0.39, 0.29) is 17.4 Å². The van der Waals surface area contributed by atoms with E-state index in [1.54, 1.807) is 66.4 Å². The van der Waals surface area contributed by atoms with E-state index in [2.05, 4.69) is 4.90 Å². The number of hydrogen-bond donors (Lipinski definition) is 1. The van der Waals surface area contributed by atoms with Gasteiger partial charge in [-0.25, -0.2) is 13.2 Å². The minimum Gasteiger partial charge on any atom is -0.480 e. The molecule has 1 amide bonds. The lowest BCUT2D eigenvalue weighted by Crippen LogP contribution is -2.58. The molecule has 1 aliphatic rings. The number of piperazine rings is 1. The van der Waals surface area contributed by atoms with Crippen molar-refractivity contribution in [1.29, 1.82) is 0 Å². The van der Waals surface area contributed by atoms with E-state index in [1.807, 2.05) is 13.1 Å². The molecule has 0 radical (unpaired) electrons. The molecule has 220 valence electrons. The van der Waals surface area contributed by atoms with Crippen molar-refractivity contribution in [3.05, 3.63) is 77.3 Å². The lowest BCUT2D eigenvalue weighted by molar-refractivity contribution is -0.148. The molecule has 2 heterocycles. The summed E-state index contributed by atoms with van der Waals surface area (Å²) in [4.78, 5) is 30.0. The first-order valence-corrected chi connectivity index (χ1v) is 15.8. The number of carbonyl (C=O) groups is 2. The van der Waals surface area contributed by atoms with Crippen LogP contribution in [0.4, 0.5) is 4.79 Å². The number of nitrogens with zero attached hydrogens (tertiary/aromatic N) is 3. The van der Waals surface area contributed by atoms with Crippen molar-refractivity contribution in [3.8, 4) is 10.4 Å². The average molecular weight is 620 g/mol. The first kappa shape index (κ1) is 31.0. The number of halogens is 1. The van der Waals surface area contributed by atoms with E-state index in [9.17, 15) is 23.1 Å². The topological polar surface area (TPSA) is 107 Å². The van der Waals surface area contributed by atoms with E-state index >= 15 is 0 Å². The zero-order valence-corrected chi connectivity index (χ0v) is 25.6. The fourth-order valence-electron chi connectivity index (χ4n) is 4.81. The maximum atomic E-state index is 14.2. The zero-order valence-electron chi connectivity index (χ0n) is 23.2. The van der Waals surface area contributed by atoms with Gasteiger partial charge in [-0.3, -0.25) is 4.79 Å². The van der Waals surface area contributed by atoms with E-state index in [0.717, 1.165) is 21.2 Å². The predicted molar refractivity (Wildman–Crippen MR) is 160 cm³/mol. The number of amides is 1. The van der Waals surface area contributed by atoms with Crippen LogP contribution in [0.2, 0.25) is 5.02 Å². The van der Waals surface area contributed by atoms with E-state index < -0.39 is 33.5 Å². The Kier molecular flexibility index (Phi) is 9.76. The minimum atomic E-state index is -4.35. The van der Waals surface area contributed by atoms with Crippen LogP contribution in [-0.2, 0) is 19.6 Å².